The summed E-state index contributed by atoms with van der Waals surface area (Å²) in [5.74, 6) is 1.15. The molecule has 0 aliphatic carbocycles. The van der Waals surface area contributed by atoms with E-state index in [2.05, 4.69) is 20.4 Å². The average Bonchev–Trinajstić information content (AvgIpc) is 3.17. The number of aromatic nitrogens is 3. The molecule has 2 aromatic heterocycles. The van der Waals surface area contributed by atoms with Crippen molar-refractivity contribution in [3.8, 4) is 0 Å². The quantitative estimate of drug-likeness (QED) is 0.932. The van der Waals surface area contributed by atoms with E-state index >= 15 is 0 Å². The molecule has 2 aromatic rings. The number of hydrogen-bond donors (Lipinski definition) is 1. The maximum Gasteiger partial charge on any atom is 0.317 e. The fourth-order valence-corrected chi connectivity index (χ4v) is 2.75. The normalized spacial score (nSPS) is 17.7. The zero-order valence-corrected chi connectivity index (χ0v) is 12.5. The van der Waals surface area contributed by atoms with E-state index in [1.807, 2.05) is 23.2 Å². The summed E-state index contributed by atoms with van der Waals surface area (Å²) in [4.78, 5) is 22.5. The van der Waals surface area contributed by atoms with Crippen molar-refractivity contribution < 1.29 is 9.32 Å². The highest BCUT2D eigenvalue weighted by atomic mass is 16.5. The van der Waals surface area contributed by atoms with E-state index in [-0.39, 0.29) is 12.1 Å². The van der Waals surface area contributed by atoms with Crippen molar-refractivity contribution in [2.75, 3.05) is 13.1 Å². The first kappa shape index (κ1) is 14.5. The summed E-state index contributed by atoms with van der Waals surface area (Å²) < 4.78 is 5.03. The number of likely N-dealkylation sites (tertiary alicyclic amines) is 1. The van der Waals surface area contributed by atoms with Crippen molar-refractivity contribution in [3.05, 3.63) is 41.8 Å². The van der Waals surface area contributed by atoms with Crippen LogP contribution in [0.4, 0.5) is 4.79 Å². The number of urea groups is 1. The van der Waals surface area contributed by atoms with Crippen molar-refractivity contribution in [3.63, 3.8) is 0 Å². The minimum atomic E-state index is -0.0532. The summed E-state index contributed by atoms with van der Waals surface area (Å²) >= 11 is 0. The number of carbonyl (C=O) groups is 1. The molecule has 0 bridgehead atoms. The van der Waals surface area contributed by atoms with Gasteiger partial charge in [-0.25, -0.2) is 4.79 Å². The van der Waals surface area contributed by atoms with Gasteiger partial charge in [0.15, 0.2) is 5.82 Å². The van der Waals surface area contributed by atoms with Crippen molar-refractivity contribution in [1.82, 2.24) is 25.3 Å². The molecule has 3 rings (SSSR count). The molecule has 1 saturated heterocycles. The molecule has 0 saturated carbocycles. The Balaban J connectivity index is 1.55. The number of aryl methyl sites for hydroxylation is 1. The summed E-state index contributed by atoms with van der Waals surface area (Å²) in [6, 6.07) is 3.98. The summed E-state index contributed by atoms with van der Waals surface area (Å²) in [5.41, 5.74) is 1.09. The number of carbonyl (C=O) groups excluding carboxylic acids is 1. The molecule has 1 N–H and O–H groups in total. The highest BCUT2D eigenvalue weighted by Gasteiger charge is 2.29. The molecule has 3 heterocycles. The van der Waals surface area contributed by atoms with Gasteiger partial charge in [-0.15, -0.1) is 0 Å². The zero-order valence-electron chi connectivity index (χ0n) is 12.5. The highest BCUT2D eigenvalue weighted by molar-refractivity contribution is 5.75. The molecule has 1 unspecified atom stereocenters. The number of nitrogens with one attached hydrogen (secondary N) is 1. The molecule has 116 valence electrons. The summed E-state index contributed by atoms with van der Waals surface area (Å²) in [6.45, 7) is 3.02. The van der Waals surface area contributed by atoms with Gasteiger partial charge in [0, 0.05) is 31.9 Å². The molecule has 0 aromatic carbocycles. The predicted octanol–water partition coefficient (Wildman–Crippen LogP) is 1.86. The number of pyridine rings is 1. The van der Waals surface area contributed by atoms with Gasteiger partial charge in [0.2, 0.25) is 5.89 Å². The maximum absolute atomic E-state index is 12.4. The first-order chi connectivity index (χ1) is 10.7. The van der Waals surface area contributed by atoms with E-state index < -0.39 is 0 Å². The molecular weight excluding hydrogens is 282 g/mol. The molecule has 1 aliphatic heterocycles. The van der Waals surface area contributed by atoms with Crippen LogP contribution in [-0.4, -0.2) is 39.1 Å². The largest absolute Gasteiger partial charge is 0.339 e. The van der Waals surface area contributed by atoms with Crippen molar-refractivity contribution >= 4 is 6.03 Å². The Labute approximate surface area is 128 Å². The number of nitrogens with zero attached hydrogens (tertiary/aromatic N) is 4. The van der Waals surface area contributed by atoms with Crippen LogP contribution in [0, 0.1) is 6.92 Å². The lowest BCUT2D eigenvalue weighted by Gasteiger charge is -2.25. The molecule has 22 heavy (non-hydrogen) atoms. The molecule has 0 spiro atoms. The second kappa shape index (κ2) is 6.55. The lowest BCUT2D eigenvalue weighted by atomic mass is 10.1. The van der Waals surface area contributed by atoms with Crippen LogP contribution in [0.15, 0.2) is 29.0 Å². The number of amides is 2. The Morgan fingerprint density at radius 3 is 3.18 bits per heavy atom. The van der Waals surface area contributed by atoms with Crippen LogP contribution in [0.1, 0.15) is 36.2 Å². The SMILES string of the molecule is Cc1noc(CCNC(=O)N2CCCC2c2cccnc2)n1. The van der Waals surface area contributed by atoms with E-state index in [1.165, 1.54) is 0 Å². The topological polar surface area (TPSA) is 84.2 Å². The van der Waals surface area contributed by atoms with Gasteiger partial charge in [0.05, 0.1) is 6.04 Å². The summed E-state index contributed by atoms with van der Waals surface area (Å²) in [6.07, 6.45) is 6.10. The lowest BCUT2D eigenvalue weighted by Crippen LogP contribution is -2.40. The zero-order chi connectivity index (χ0) is 15.4. The number of rotatable bonds is 4. The van der Waals surface area contributed by atoms with Crippen LogP contribution >= 0.6 is 0 Å². The fraction of sp³-hybridized carbons (Fsp3) is 0.467. The average molecular weight is 301 g/mol. The molecule has 7 nitrogen and oxygen atoms in total. The van der Waals surface area contributed by atoms with E-state index in [9.17, 15) is 4.79 Å². The smallest absolute Gasteiger partial charge is 0.317 e. The third-order valence-electron chi connectivity index (χ3n) is 3.77. The Morgan fingerprint density at radius 1 is 1.55 bits per heavy atom. The Kier molecular flexibility index (Phi) is 4.32. The minimum absolute atomic E-state index is 0.0532. The summed E-state index contributed by atoms with van der Waals surface area (Å²) in [7, 11) is 0. The molecule has 1 fully saturated rings. The van der Waals surface area contributed by atoms with E-state index in [1.54, 1.807) is 13.1 Å². The molecule has 1 atom stereocenters. The molecule has 2 amide bonds. The third kappa shape index (κ3) is 3.24. The Bertz CT molecular complexity index is 628. The van der Waals surface area contributed by atoms with Crippen molar-refractivity contribution in [2.24, 2.45) is 0 Å². The summed E-state index contributed by atoms with van der Waals surface area (Å²) in [5, 5.41) is 6.65. The van der Waals surface area contributed by atoms with Crippen LogP contribution in [0.2, 0.25) is 0 Å². The molecular formula is C15H19N5O2. The standard InChI is InChI=1S/C15H19N5O2/c1-11-18-14(22-19-11)6-8-17-15(21)20-9-3-5-13(20)12-4-2-7-16-10-12/h2,4,7,10,13H,3,5-6,8-9H2,1H3,(H,17,21). The fourth-order valence-electron chi connectivity index (χ4n) is 2.75. The van der Waals surface area contributed by atoms with E-state index in [0.717, 1.165) is 24.9 Å². The molecule has 7 heteroatoms. The second-order valence-electron chi connectivity index (χ2n) is 5.36. The van der Waals surface area contributed by atoms with Gasteiger partial charge in [0.1, 0.15) is 0 Å². The molecule has 1 aliphatic rings. The van der Waals surface area contributed by atoms with Gasteiger partial charge >= 0.3 is 6.03 Å². The van der Waals surface area contributed by atoms with E-state index in [0.29, 0.717) is 24.7 Å². The van der Waals surface area contributed by atoms with Crippen molar-refractivity contribution in [2.45, 2.75) is 32.2 Å². The monoisotopic (exact) mass is 301 g/mol. The van der Waals surface area contributed by atoms with Gasteiger partial charge in [-0.3, -0.25) is 4.98 Å². The van der Waals surface area contributed by atoms with Crippen LogP contribution in [0.3, 0.4) is 0 Å². The third-order valence-corrected chi connectivity index (χ3v) is 3.77. The van der Waals surface area contributed by atoms with Crippen LogP contribution in [-0.2, 0) is 6.42 Å². The van der Waals surface area contributed by atoms with Gasteiger partial charge in [-0.1, -0.05) is 11.2 Å². The van der Waals surface area contributed by atoms with Crippen LogP contribution in [0.5, 0.6) is 0 Å². The second-order valence-corrected chi connectivity index (χ2v) is 5.36. The van der Waals surface area contributed by atoms with Gasteiger partial charge in [-0.2, -0.15) is 4.98 Å². The lowest BCUT2D eigenvalue weighted by molar-refractivity contribution is 0.193. The first-order valence-corrected chi connectivity index (χ1v) is 7.47. The predicted molar refractivity (Wildman–Crippen MR) is 79.1 cm³/mol. The highest BCUT2D eigenvalue weighted by Crippen LogP contribution is 2.31. The van der Waals surface area contributed by atoms with Gasteiger partial charge in [0.25, 0.3) is 0 Å². The van der Waals surface area contributed by atoms with Crippen molar-refractivity contribution in [1.29, 1.82) is 0 Å². The van der Waals surface area contributed by atoms with Crippen LogP contribution in [0.25, 0.3) is 0 Å². The maximum atomic E-state index is 12.4. The molecule has 0 radical (unpaired) electrons. The van der Waals surface area contributed by atoms with Crippen LogP contribution < -0.4 is 5.32 Å². The van der Waals surface area contributed by atoms with Gasteiger partial charge in [-0.05, 0) is 31.4 Å². The minimum Gasteiger partial charge on any atom is -0.339 e. The van der Waals surface area contributed by atoms with Gasteiger partial charge < -0.3 is 14.7 Å². The first-order valence-electron chi connectivity index (χ1n) is 7.47. The Morgan fingerprint density at radius 2 is 2.45 bits per heavy atom. The Hall–Kier alpha value is -2.44. The van der Waals surface area contributed by atoms with E-state index in [4.69, 9.17) is 4.52 Å². The number of hydrogen-bond acceptors (Lipinski definition) is 5.